The summed E-state index contributed by atoms with van der Waals surface area (Å²) in [6.45, 7) is 8.24. The monoisotopic (exact) mass is 302 g/mol. The molecule has 23 heavy (non-hydrogen) atoms. The van der Waals surface area contributed by atoms with E-state index in [1.54, 1.807) is 6.20 Å². The smallest absolute Gasteiger partial charge is 0.0696 e. The molecule has 1 aromatic heterocycles. The second-order valence-corrected chi connectivity index (χ2v) is 6.18. The van der Waals surface area contributed by atoms with Crippen LogP contribution in [-0.4, -0.2) is 4.98 Å². The fourth-order valence-corrected chi connectivity index (χ4v) is 3.28. The van der Waals surface area contributed by atoms with Crippen molar-refractivity contribution in [3.05, 3.63) is 70.9 Å². The number of aryl methyl sites for hydroxylation is 4. The fourth-order valence-electron chi connectivity index (χ4n) is 3.28. The Labute approximate surface area is 137 Å². The van der Waals surface area contributed by atoms with Crippen LogP contribution < -0.4 is 5.11 Å². The maximum Gasteiger partial charge on any atom is 0.0696 e. The molecular formula is C21H20NO-. The van der Waals surface area contributed by atoms with Gasteiger partial charge in [-0.25, -0.2) is 0 Å². The van der Waals surface area contributed by atoms with Crippen LogP contribution >= 0.6 is 0 Å². The van der Waals surface area contributed by atoms with Gasteiger partial charge in [0.1, 0.15) is 0 Å². The van der Waals surface area contributed by atoms with Gasteiger partial charge in [0.05, 0.1) is 5.69 Å². The van der Waals surface area contributed by atoms with Crippen molar-refractivity contribution in [1.82, 2.24) is 4.98 Å². The third kappa shape index (κ3) is 2.85. The molecule has 0 aliphatic rings. The van der Waals surface area contributed by atoms with Crippen molar-refractivity contribution >= 4 is 0 Å². The molecule has 3 rings (SSSR count). The lowest BCUT2D eigenvalue weighted by Crippen LogP contribution is -2.01. The van der Waals surface area contributed by atoms with Gasteiger partial charge in [0.15, 0.2) is 0 Å². The maximum atomic E-state index is 13.1. The van der Waals surface area contributed by atoms with Gasteiger partial charge >= 0.3 is 0 Å². The highest BCUT2D eigenvalue weighted by Crippen LogP contribution is 2.39. The van der Waals surface area contributed by atoms with E-state index in [1.165, 1.54) is 5.56 Å². The first-order valence-electron chi connectivity index (χ1n) is 7.78. The molecule has 2 nitrogen and oxygen atoms in total. The predicted octanol–water partition coefficient (Wildman–Crippen LogP) is 4.72. The minimum atomic E-state index is 0.0457. The van der Waals surface area contributed by atoms with Crippen LogP contribution in [0.15, 0.2) is 48.7 Å². The number of nitrogens with zero attached hydrogens (tertiary/aromatic N) is 1. The molecule has 2 heteroatoms. The Hall–Kier alpha value is -2.61. The Morgan fingerprint density at radius 2 is 1.39 bits per heavy atom. The van der Waals surface area contributed by atoms with E-state index in [0.717, 1.165) is 33.5 Å². The average molecular weight is 302 g/mol. The minimum Gasteiger partial charge on any atom is -0.872 e. The molecule has 0 aliphatic heterocycles. The van der Waals surface area contributed by atoms with E-state index in [4.69, 9.17) is 0 Å². The van der Waals surface area contributed by atoms with Crippen molar-refractivity contribution in [2.24, 2.45) is 0 Å². The first kappa shape index (κ1) is 15.3. The lowest BCUT2D eigenvalue weighted by Gasteiger charge is -2.23. The fraction of sp³-hybridized carbons (Fsp3) is 0.190. The van der Waals surface area contributed by atoms with Crippen LogP contribution in [0, 0.1) is 27.7 Å². The third-order valence-corrected chi connectivity index (χ3v) is 4.12. The van der Waals surface area contributed by atoms with E-state index >= 15 is 0 Å². The van der Waals surface area contributed by atoms with E-state index in [1.807, 2.05) is 37.3 Å². The summed E-state index contributed by atoms with van der Waals surface area (Å²) in [6.07, 6.45) is 1.72. The molecule has 0 spiro atoms. The third-order valence-electron chi connectivity index (χ3n) is 4.12. The summed E-state index contributed by atoms with van der Waals surface area (Å²) >= 11 is 0. The molecule has 2 aromatic carbocycles. The predicted molar refractivity (Wildman–Crippen MR) is 93.5 cm³/mol. The van der Waals surface area contributed by atoms with Crippen LogP contribution in [0.1, 0.15) is 22.3 Å². The maximum absolute atomic E-state index is 13.1. The number of rotatable bonds is 2. The minimum absolute atomic E-state index is 0.0457. The van der Waals surface area contributed by atoms with Crippen molar-refractivity contribution < 1.29 is 5.11 Å². The van der Waals surface area contributed by atoms with Crippen molar-refractivity contribution in [1.29, 1.82) is 0 Å². The van der Waals surface area contributed by atoms with Gasteiger partial charge in [-0.05, 0) is 73.2 Å². The molecule has 0 N–H and O–H groups in total. The highest BCUT2D eigenvalue weighted by Gasteiger charge is 2.11. The largest absolute Gasteiger partial charge is 0.872 e. The summed E-state index contributed by atoms with van der Waals surface area (Å²) in [7, 11) is 0. The number of hydrogen-bond donors (Lipinski definition) is 0. The summed E-state index contributed by atoms with van der Waals surface area (Å²) < 4.78 is 0. The van der Waals surface area contributed by atoms with E-state index in [0.29, 0.717) is 5.56 Å². The average Bonchev–Trinajstić information content (AvgIpc) is 2.50. The number of hydrogen-bond acceptors (Lipinski definition) is 2. The number of pyridine rings is 1. The van der Waals surface area contributed by atoms with Gasteiger partial charge in [-0.1, -0.05) is 41.6 Å². The van der Waals surface area contributed by atoms with Crippen LogP contribution in [0.4, 0.5) is 0 Å². The summed E-state index contributed by atoms with van der Waals surface area (Å²) in [5.74, 6) is 0.0457. The summed E-state index contributed by atoms with van der Waals surface area (Å²) in [5, 5.41) is 13.1. The van der Waals surface area contributed by atoms with Gasteiger partial charge in [0, 0.05) is 6.20 Å². The molecular weight excluding hydrogens is 282 g/mol. The SMILES string of the molecule is Cc1cc(C)c(-c2cc(C)cc(-c3ccccn3)c2[O-])c(C)c1. The van der Waals surface area contributed by atoms with E-state index in [9.17, 15) is 5.11 Å². The van der Waals surface area contributed by atoms with E-state index in [2.05, 4.69) is 37.9 Å². The normalized spacial score (nSPS) is 10.8. The molecule has 0 aliphatic carbocycles. The zero-order chi connectivity index (χ0) is 16.6. The first-order chi connectivity index (χ1) is 11.0. The molecule has 1 heterocycles. The van der Waals surface area contributed by atoms with Crippen molar-refractivity contribution in [2.45, 2.75) is 27.7 Å². The van der Waals surface area contributed by atoms with Gasteiger partial charge in [0.2, 0.25) is 0 Å². The molecule has 0 amide bonds. The van der Waals surface area contributed by atoms with Crippen LogP contribution in [0.25, 0.3) is 22.4 Å². The van der Waals surface area contributed by atoms with Gasteiger partial charge in [0.25, 0.3) is 0 Å². The molecule has 0 fully saturated rings. The second-order valence-electron chi connectivity index (χ2n) is 6.18. The lowest BCUT2D eigenvalue weighted by molar-refractivity contribution is -0.266. The highest BCUT2D eigenvalue weighted by molar-refractivity contribution is 5.84. The number of aromatic nitrogens is 1. The first-order valence-corrected chi connectivity index (χ1v) is 7.78. The Balaban J connectivity index is 2.29. The molecule has 0 saturated heterocycles. The Bertz CT molecular complexity index is 844. The number of benzene rings is 2. The Kier molecular flexibility index (Phi) is 3.91. The molecule has 3 aromatic rings. The van der Waals surface area contributed by atoms with Crippen LogP contribution in [-0.2, 0) is 0 Å². The summed E-state index contributed by atoms with van der Waals surface area (Å²) in [6, 6.07) is 13.8. The standard InChI is InChI=1S/C21H21NO/c1-13-9-15(3)20(16(4)10-13)18-12-14(2)11-17(21(18)23)19-7-5-6-8-22-19/h5-12,23H,1-4H3/p-1. The second kappa shape index (κ2) is 5.88. The quantitative estimate of drug-likeness (QED) is 0.686. The van der Waals surface area contributed by atoms with Crippen molar-refractivity contribution in [2.75, 3.05) is 0 Å². The Morgan fingerprint density at radius 3 is 2.00 bits per heavy atom. The molecule has 0 atom stereocenters. The zero-order valence-electron chi connectivity index (χ0n) is 14.0. The highest BCUT2D eigenvalue weighted by atomic mass is 16.3. The van der Waals surface area contributed by atoms with Gasteiger partial charge in [-0.3, -0.25) is 4.98 Å². The van der Waals surface area contributed by atoms with Crippen LogP contribution in [0.3, 0.4) is 0 Å². The summed E-state index contributed by atoms with van der Waals surface area (Å²) in [4.78, 5) is 4.34. The van der Waals surface area contributed by atoms with Crippen molar-refractivity contribution in [3.8, 4) is 28.1 Å². The lowest BCUT2D eigenvalue weighted by atomic mass is 9.90. The summed E-state index contributed by atoms with van der Waals surface area (Å²) in [5.41, 5.74) is 7.76. The van der Waals surface area contributed by atoms with Gasteiger partial charge < -0.3 is 5.11 Å². The molecule has 116 valence electrons. The topological polar surface area (TPSA) is 36.0 Å². The van der Waals surface area contributed by atoms with Gasteiger partial charge in [-0.2, -0.15) is 0 Å². The zero-order valence-corrected chi connectivity index (χ0v) is 14.0. The van der Waals surface area contributed by atoms with Crippen LogP contribution in [0.5, 0.6) is 5.75 Å². The van der Waals surface area contributed by atoms with E-state index in [-0.39, 0.29) is 5.75 Å². The molecule has 0 bridgehead atoms. The Morgan fingerprint density at radius 1 is 0.783 bits per heavy atom. The van der Waals surface area contributed by atoms with Crippen molar-refractivity contribution in [3.63, 3.8) is 0 Å². The van der Waals surface area contributed by atoms with Crippen LogP contribution in [0.2, 0.25) is 0 Å². The molecule has 0 saturated carbocycles. The molecule has 0 radical (unpaired) electrons. The molecule has 0 unspecified atom stereocenters. The van der Waals surface area contributed by atoms with E-state index < -0.39 is 0 Å². The van der Waals surface area contributed by atoms with Gasteiger partial charge in [-0.15, -0.1) is 0 Å².